The molecule has 1 saturated heterocycles. The van der Waals surface area contributed by atoms with Crippen LogP contribution in [0, 0.1) is 23.7 Å². The molecule has 3 aliphatic rings. The van der Waals surface area contributed by atoms with Gasteiger partial charge in [0.2, 0.25) is 11.8 Å². The van der Waals surface area contributed by atoms with Crippen molar-refractivity contribution in [3.05, 3.63) is 28.8 Å². The van der Waals surface area contributed by atoms with Crippen LogP contribution in [0.5, 0.6) is 5.75 Å². The van der Waals surface area contributed by atoms with Crippen molar-refractivity contribution in [2.45, 2.75) is 77.0 Å². The van der Waals surface area contributed by atoms with Gasteiger partial charge in [0, 0.05) is 5.25 Å². The Morgan fingerprint density at radius 2 is 1.55 bits per heavy atom. The highest BCUT2D eigenvalue weighted by atomic mass is 32.2. The lowest BCUT2D eigenvalue weighted by Gasteiger charge is -2.29. The first kappa shape index (κ1) is 24.1. The Balaban J connectivity index is 1.62. The van der Waals surface area contributed by atoms with Crippen LogP contribution in [-0.2, 0) is 31.8 Å². The number of benzene rings is 1. The van der Waals surface area contributed by atoms with Gasteiger partial charge in [0.05, 0.1) is 24.1 Å². The summed E-state index contributed by atoms with van der Waals surface area (Å²) in [4.78, 5) is 39.2. The lowest BCUT2D eigenvalue weighted by molar-refractivity contribution is -0.141. The van der Waals surface area contributed by atoms with Gasteiger partial charge in [-0.2, -0.15) is 0 Å². The number of thioether (sulfide) groups is 1. The van der Waals surface area contributed by atoms with Crippen molar-refractivity contribution in [3.8, 4) is 5.75 Å². The molecule has 180 valence electrons. The van der Waals surface area contributed by atoms with Crippen molar-refractivity contribution >= 4 is 29.5 Å². The topological polar surface area (TPSA) is 94.9 Å². The molecule has 0 spiro atoms. The maximum absolute atomic E-state index is 13.4. The Morgan fingerprint density at radius 1 is 1.00 bits per heavy atom. The van der Waals surface area contributed by atoms with E-state index in [1.54, 1.807) is 0 Å². The van der Waals surface area contributed by atoms with E-state index < -0.39 is 5.97 Å². The lowest BCUT2D eigenvalue weighted by atomic mass is 9.78. The van der Waals surface area contributed by atoms with Gasteiger partial charge in [-0.25, -0.2) is 0 Å². The third-order valence-corrected chi connectivity index (χ3v) is 8.98. The number of carbonyl (C=O) groups excluding carboxylic acids is 2. The Morgan fingerprint density at radius 3 is 2.06 bits per heavy atom. The van der Waals surface area contributed by atoms with Gasteiger partial charge >= 0.3 is 5.97 Å². The van der Waals surface area contributed by atoms with E-state index in [4.69, 9.17) is 5.11 Å². The minimum Gasteiger partial charge on any atom is -0.507 e. The Hall–Kier alpha value is -2.02. The Kier molecular flexibility index (Phi) is 5.87. The fourth-order valence-corrected chi connectivity index (χ4v) is 7.37. The molecule has 3 fully saturated rings. The molecule has 2 amide bonds. The van der Waals surface area contributed by atoms with Crippen molar-refractivity contribution in [2.24, 2.45) is 23.7 Å². The van der Waals surface area contributed by atoms with E-state index in [0.717, 1.165) is 29.5 Å². The van der Waals surface area contributed by atoms with Crippen LogP contribution < -0.4 is 0 Å². The number of carboxylic acid groups (broad SMARTS) is 1. The number of carbonyl (C=O) groups is 3. The van der Waals surface area contributed by atoms with Crippen molar-refractivity contribution in [1.82, 2.24) is 4.90 Å². The summed E-state index contributed by atoms with van der Waals surface area (Å²) in [6, 6.07) is 3.86. The third-order valence-electron chi connectivity index (χ3n) is 7.59. The van der Waals surface area contributed by atoms with E-state index in [1.807, 2.05) is 53.7 Å². The molecule has 1 aromatic carbocycles. The van der Waals surface area contributed by atoms with Gasteiger partial charge in [-0.3, -0.25) is 19.3 Å². The normalized spacial score (nSPS) is 29.2. The van der Waals surface area contributed by atoms with E-state index in [1.165, 1.54) is 16.7 Å². The first-order valence-corrected chi connectivity index (χ1v) is 12.8. The molecule has 2 N–H and O–H groups in total. The lowest BCUT2D eigenvalue weighted by Crippen LogP contribution is -2.33. The van der Waals surface area contributed by atoms with Gasteiger partial charge in [0.1, 0.15) is 5.75 Å². The predicted octanol–water partition coefficient (Wildman–Crippen LogP) is 4.31. The first-order chi connectivity index (χ1) is 15.2. The molecule has 5 unspecified atom stereocenters. The summed E-state index contributed by atoms with van der Waals surface area (Å²) in [5, 5.41) is 20.2. The number of hydrogen-bond donors (Lipinski definition) is 2. The molecule has 33 heavy (non-hydrogen) atoms. The van der Waals surface area contributed by atoms with Gasteiger partial charge < -0.3 is 10.2 Å². The predicted molar refractivity (Wildman–Crippen MR) is 128 cm³/mol. The summed E-state index contributed by atoms with van der Waals surface area (Å²) in [5.74, 6) is -1.03. The Labute approximate surface area is 200 Å². The van der Waals surface area contributed by atoms with Crippen LogP contribution in [0.15, 0.2) is 12.1 Å². The summed E-state index contributed by atoms with van der Waals surface area (Å²) in [7, 11) is 0. The van der Waals surface area contributed by atoms with Gasteiger partial charge in [-0.15, -0.1) is 11.8 Å². The second kappa shape index (κ2) is 8.03. The second-order valence-electron chi connectivity index (χ2n) is 12.0. The quantitative estimate of drug-likeness (QED) is 0.619. The zero-order chi connectivity index (χ0) is 24.5. The molecule has 6 nitrogen and oxygen atoms in total. The number of likely N-dealkylation sites (tertiary alicyclic amines) is 1. The number of aliphatic carboxylic acids is 1. The number of phenols is 1. The van der Waals surface area contributed by atoms with Gasteiger partial charge in [0.15, 0.2) is 0 Å². The highest BCUT2D eigenvalue weighted by Crippen LogP contribution is 2.59. The van der Waals surface area contributed by atoms with E-state index >= 15 is 0 Å². The van der Waals surface area contributed by atoms with E-state index in [2.05, 4.69) is 0 Å². The number of aromatic hydroxyl groups is 1. The summed E-state index contributed by atoms with van der Waals surface area (Å²) in [6.07, 6.45) is 1.66. The van der Waals surface area contributed by atoms with Gasteiger partial charge in [-0.1, -0.05) is 41.5 Å². The number of phenolic OH excluding ortho intramolecular Hbond substituents is 1. The Bertz CT molecular complexity index is 970. The van der Waals surface area contributed by atoms with Gasteiger partial charge in [-0.05, 0) is 64.3 Å². The fourth-order valence-electron chi connectivity index (χ4n) is 6.10. The minimum absolute atomic E-state index is 0.0375. The monoisotopic (exact) mass is 473 g/mol. The molecule has 7 heteroatoms. The van der Waals surface area contributed by atoms with Crippen molar-refractivity contribution < 1.29 is 24.6 Å². The number of amides is 2. The van der Waals surface area contributed by atoms with E-state index in [-0.39, 0.29) is 69.6 Å². The molecule has 2 bridgehead atoms. The number of hydrogen-bond acceptors (Lipinski definition) is 5. The molecule has 1 aliphatic heterocycles. The van der Waals surface area contributed by atoms with Gasteiger partial charge in [0.25, 0.3) is 0 Å². The third kappa shape index (κ3) is 4.17. The SMILES string of the molecule is CC(C)(C)c1cc(CN2C(=O)C3C4CC(SCC(=O)O)C(C4)C3C2=O)cc(C(C)(C)C)c1O. The highest BCUT2D eigenvalue weighted by molar-refractivity contribution is 8.00. The first-order valence-electron chi connectivity index (χ1n) is 11.8. The van der Waals surface area contributed by atoms with Crippen LogP contribution in [0.25, 0.3) is 0 Å². The molecule has 1 heterocycles. The molecule has 1 aromatic rings. The van der Waals surface area contributed by atoms with Crippen LogP contribution in [0.2, 0.25) is 0 Å². The van der Waals surface area contributed by atoms with Crippen molar-refractivity contribution in [1.29, 1.82) is 0 Å². The second-order valence-corrected chi connectivity index (χ2v) is 13.2. The summed E-state index contributed by atoms with van der Waals surface area (Å²) < 4.78 is 0. The maximum Gasteiger partial charge on any atom is 0.313 e. The van der Waals surface area contributed by atoms with Crippen LogP contribution >= 0.6 is 11.8 Å². The zero-order valence-electron chi connectivity index (χ0n) is 20.3. The molecule has 5 atom stereocenters. The fraction of sp³-hybridized carbons (Fsp3) is 0.654. The van der Waals surface area contributed by atoms with Crippen molar-refractivity contribution in [2.75, 3.05) is 5.75 Å². The molecule has 4 rings (SSSR count). The maximum atomic E-state index is 13.4. The van der Waals surface area contributed by atoms with E-state index in [9.17, 15) is 19.5 Å². The molecular formula is C26H35NO5S. The van der Waals surface area contributed by atoms with Crippen LogP contribution in [0.3, 0.4) is 0 Å². The molecule has 2 saturated carbocycles. The summed E-state index contributed by atoms with van der Waals surface area (Å²) in [6.45, 7) is 12.5. The summed E-state index contributed by atoms with van der Waals surface area (Å²) in [5.41, 5.74) is 1.91. The van der Waals surface area contributed by atoms with E-state index in [0.29, 0.717) is 0 Å². The largest absolute Gasteiger partial charge is 0.507 e. The standard InChI is InChI=1S/C26H35NO5S/c1-25(2,3)16-7-13(8-17(22(16)30)26(4,5)6)11-27-23(31)20-14-9-15(21(20)24(27)32)18(10-14)33-12-19(28)29/h7-8,14-15,18,20-21,30H,9-12H2,1-6H3,(H,28,29). The highest BCUT2D eigenvalue weighted by Gasteiger charge is 2.63. The zero-order valence-corrected chi connectivity index (χ0v) is 21.2. The molecular weight excluding hydrogens is 438 g/mol. The number of rotatable bonds is 5. The molecule has 0 radical (unpaired) electrons. The smallest absolute Gasteiger partial charge is 0.313 e. The number of fused-ring (bicyclic) bond motifs is 5. The number of nitrogens with zero attached hydrogens (tertiary/aromatic N) is 1. The average Bonchev–Trinajstić information content (AvgIpc) is 3.33. The average molecular weight is 474 g/mol. The van der Waals surface area contributed by atoms with Crippen LogP contribution in [0.4, 0.5) is 0 Å². The number of imide groups is 1. The molecule has 2 aliphatic carbocycles. The minimum atomic E-state index is -0.841. The molecule has 0 aromatic heterocycles. The number of carboxylic acids is 1. The van der Waals surface area contributed by atoms with Crippen LogP contribution in [-0.4, -0.2) is 43.9 Å². The van der Waals surface area contributed by atoms with Crippen LogP contribution in [0.1, 0.15) is 71.1 Å². The van der Waals surface area contributed by atoms with Crippen molar-refractivity contribution in [3.63, 3.8) is 0 Å². The summed E-state index contributed by atoms with van der Waals surface area (Å²) >= 11 is 1.41.